The summed E-state index contributed by atoms with van der Waals surface area (Å²) in [5.41, 5.74) is 7.67. The molecule has 1 aromatic rings. The van der Waals surface area contributed by atoms with Gasteiger partial charge in [-0.15, -0.1) is 0 Å². The van der Waals surface area contributed by atoms with E-state index in [1.807, 2.05) is 18.2 Å². The van der Waals surface area contributed by atoms with E-state index in [1.165, 1.54) is 25.7 Å². The molecule has 1 aliphatic carbocycles. The Morgan fingerprint density at radius 1 is 1.35 bits per heavy atom. The Bertz CT molecular complexity index is 386. The minimum absolute atomic E-state index is 0.447. The summed E-state index contributed by atoms with van der Waals surface area (Å²) in [4.78, 5) is 0.447. The molecule has 2 N–H and O–H groups in total. The molecule has 0 saturated heterocycles. The zero-order chi connectivity index (χ0) is 12.1. The molecule has 0 atom stereocenters. The molecule has 0 unspecified atom stereocenters. The highest BCUT2D eigenvalue weighted by Crippen LogP contribution is 2.25. The van der Waals surface area contributed by atoms with Crippen LogP contribution in [0.4, 0.5) is 0 Å². The molecule has 0 spiro atoms. The largest absolute Gasteiger partial charge is 0.389 e. The number of thiocarbonyl (C=S) groups is 1. The molecule has 1 fully saturated rings. The van der Waals surface area contributed by atoms with Gasteiger partial charge in [-0.1, -0.05) is 43.3 Å². The second-order valence-corrected chi connectivity index (χ2v) is 5.17. The highest BCUT2D eigenvalue weighted by molar-refractivity contribution is 7.80. The van der Waals surface area contributed by atoms with Crippen molar-refractivity contribution in [2.24, 2.45) is 11.7 Å². The van der Waals surface area contributed by atoms with Crippen molar-refractivity contribution < 1.29 is 4.74 Å². The third-order valence-electron chi connectivity index (χ3n) is 3.31. The lowest BCUT2D eigenvalue weighted by molar-refractivity contribution is 0.0889. The van der Waals surface area contributed by atoms with Gasteiger partial charge in [-0.05, 0) is 30.4 Å². The molecule has 1 aliphatic rings. The van der Waals surface area contributed by atoms with Crippen LogP contribution in [0.3, 0.4) is 0 Å². The molecule has 3 heteroatoms. The molecule has 0 aromatic heterocycles. The van der Waals surface area contributed by atoms with E-state index in [9.17, 15) is 0 Å². The molecule has 2 nitrogen and oxygen atoms in total. The van der Waals surface area contributed by atoms with E-state index in [0.29, 0.717) is 11.6 Å². The van der Waals surface area contributed by atoms with E-state index in [1.54, 1.807) is 0 Å². The van der Waals surface area contributed by atoms with Crippen LogP contribution >= 0.6 is 12.2 Å². The summed E-state index contributed by atoms with van der Waals surface area (Å²) < 4.78 is 5.75. The Balaban J connectivity index is 1.81. The van der Waals surface area contributed by atoms with Crippen LogP contribution in [0.5, 0.6) is 0 Å². The molecule has 1 aromatic carbocycles. The number of benzene rings is 1. The van der Waals surface area contributed by atoms with E-state index in [2.05, 4.69) is 6.07 Å². The normalized spacial score (nSPS) is 16.2. The lowest BCUT2D eigenvalue weighted by Crippen LogP contribution is -2.10. The molecule has 0 aliphatic heterocycles. The molecule has 2 rings (SSSR count). The van der Waals surface area contributed by atoms with Gasteiger partial charge in [0.2, 0.25) is 0 Å². The van der Waals surface area contributed by atoms with Crippen LogP contribution in [-0.4, -0.2) is 11.6 Å². The molecule has 17 heavy (non-hydrogen) atoms. The molecule has 92 valence electrons. The van der Waals surface area contributed by atoms with Gasteiger partial charge in [-0.2, -0.15) is 0 Å². The minimum Gasteiger partial charge on any atom is -0.389 e. The van der Waals surface area contributed by atoms with Crippen molar-refractivity contribution in [3.05, 3.63) is 35.4 Å². The van der Waals surface area contributed by atoms with Gasteiger partial charge >= 0.3 is 0 Å². The smallest absolute Gasteiger partial charge is 0.103 e. The summed E-state index contributed by atoms with van der Waals surface area (Å²) >= 11 is 4.96. The van der Waals surface area contributed by atoms with Crippen LogP contribution in [-0.2, 0) is 11.3 Å². The standard InChI is InChI=1S/C14H19NOS/c15-14(17)13-7-3-6-12(8-13)10-16-9-11-4-1-2-5-11/h3,6-8,11H,1-2,4-5,9-10H2,(H2,15,17). The van der Waals surface area contributed by atoms with Crippen molar-refractivity contribution in [2.75, 3.05) is 6.61 Å². The first kappa shape index (κ1) is 12.5. The summed E-state index contributed by atoms with van der Waals surface area (Å²) in [6, 6.07) is 7.97. The fraction of sp³-hybridized carbons (Fsp3) is 0.500. The van der Waals surface area contributed by atoms with Crippen molar-refractivity contribution in [3.63, 3.8) is 0 Å². The predicted octanol–water partition coefficient (Wildman–Crippen LogP) is 3.03. The van der Waals surface area contributed by atoms with E-state index in [-0.39, 0.29) is 0 Å². The second-order valence-electron chi connectivity index (χ2n) is 4.73. The van der Waals surface area contributed by atoms with Crippen LogP contribution in [0.1, 0.15) is 36.8 Å². The van der Waals surface area contributed by atoms with Gasteiger partial charge in [0, 0.05) is 12.2 Å². The highest BCUT2D eigenvalue weighted by atomic mass is 32.1. The van der Waals surface area contributed by atoms with Crippen LogP contribution < -0.4 is 5.73 Å². The SMILES string of the molecule is NC(=S)c1cccc(COCC2CCCC2)c1. The first-order valence-corrected chi connectivity index (χ1v) is 6.63. The van der Waals surface area contributed by atoms with Gasteiger partial charge in [0.05, 0.1) is 6.61 Å². The number of hydrogen-bond acceptors (Lipinski definition) is 2. The lowest BCUT2D eigenvalue weighted by atomic mass is 10.1. The Hall–Kier alpha value is -0.930. The number of rotatable bonds is 5. The van der Waals surface area contributed by atoms with Crippen molar-refractivity contribution in [2.45, 2.75) is 32.3 Å². The maximum absolute atomic E-state index is 5.75. The average molecular weight is 249 g/mol. The Morgan fingerprint density at radius 2 is 2.12 bits per heavy atom. The third-order valence-corrected chi connectivity index (χ3v) is 3.54. The van der Waals surface area contributed by atoms with Crippen LogP contribution in [0.2, 0.25) is 0 Å². The zero-order valence-corrected chi connectivity index (χ0v) is 10.8. The fourth-order valence-corrected chi connectivity index (χ4v) is 2.46. The van der Waals surface area contributed by atoms with Crippen molar-refractivity contribution in [3.8, 4) is 0 Å². The van der Waals surface area contributed by atoms with Gasteiger partial charge in [-0.25, -0.2) is 0 Å². The number of nitrogens with two attached hydrogens (primary N) is 1. The Morgan fingerprint density at radius 3 is 2.82 bits per heavy atom. The Labute approximate surface area is 108 Å². The molecular formula is C14H19NOS. The summed E-state index contributed by atoms with van der Waals surface area (Å²) in [6.45, 7) is 1.55. The van der Waals surface area contributed by atoms with E-state index in [4.69, 9.17) is 22.7 Å². The first-order chi connectivity index (χ1) is 8.25. The minimum atomic E-state index is 0.447. The maximum atomic E-state index is 5.75. The van der Waals surface area contributed by atoms with Gasteiger partial charge < -0.3 is 10.5 Å². The molecule has 0 radical (unpaired) electrons. The first-order valence-electron chi connectivity index (χ1n) is 6.22. The van der Waals surface area contributed by atoms with E-state index in [0.717, 1.165) is 23.7 Å². The molecule has 0 amide bonds. The van der Waals surface area contributed by atoms with Crippen molar-refractivity contribution in [1.29, 1.82) is 0 Å². The zero-order valence-electron chi connectivity index (χ0n) is 10.0. The van der Waals surface area contributed by atoms with Crippen molar-refractivity contribution in [1.82, 2.24) is 0 Å². The molecular weight excluding hydrogens is 230 g/mol. The summed E-state index contributed by atoms with van der Waals surface area (Å²) in [5.74, 6) is 0.772. The molecule has 1 saturated carbocycles. The second kappa shape index (κ2) is 6.12. The van der Waals surface area contributed by atoms with Crippen LogP contribution in [0, 0.1) is 5.92 Å². The highest BCUT2D eigenvalue weighted by Gasteiger charge is 2.14. The molecule has 0 heterocycles. The van der Waals surface area contributed by atoms with E-state index < -0.39 is 0 Å². The predicted molar refractivity (Wildman–Crippen MR) is 73.9 cm³/mol. The summed E-state index contributed by atoms with van der Waals surface area (Å²) in [7, 11) is 0. The Kier molecular flexibility index (Phi) is 4.51. The summed E-state index contributed by atoms with van der Waals surface area (Å²) in [6.07, 6.45) is 5.38. The van der Waals surface area contributed by atoms with E-state index >= 15 is 0 Å². The van der Waals surface area contributed by atoms with Crippen LogP contribution in [0.25, 0.3) is 0 Å². The average Bonchev–Trinajstić information content (AvgIpc) is 2.82. The lowest BCUT2D eigenvalue weighted by Gasteiger charge is -2.10. The number of hydrogen-bond donors (Lipinski definition) is 1. The third kappa shape index (κ3) is 3.79. The monoisotopic (exact) mass is 249 g/mol. The maximum Gasteiger partial charge on any atom is 0.103 e. The van der Waals surface area contributed by atoms with Gasteiger partial charge in [0.25, 0.3) is 0 Å². The van der Waals surface area contributed by atoms with Crippen molar-refractivity contribution >= 4 is 17.2 Å². The summed E-state index contributed by atoms with van der Waals surface area (Å²) in [5, 5.41) is 0. The topological polar surface area (TPSA) is 35.2 Å². The molecule has 0 bridgehead atoms. The van der Waals surface area contributed by atoms with Crippen LogP contribution in [0.15, 0.2) is 24.3 Å². The van der Waals surface area contributed by atoms with Gasteiger partial charge in [0.1, 0.15) is 4.99 Å². The quantitative estimate of drug-likeness (QED) is 0.815. The van der Waals surface area contributed by atoms with Gasteiger partial charge in [-0.3, -0.25) is 0 Å². The fourth-order valence-electron chi connectivity index (χ4n) is 2.33. The van der Waals surface area contributed by atoms with Gasteiger partial charge in [0.15, 0.2) is 0 Å². The number of ether oxygens (including phenoxy) is 1.